The molecule has 0 unspecified atom stereocenters. The van der Waals surface area contributed by atoms with Crippen molar-refractivity contribution >= 4 is 34.8 Å². The van der Waals surface area contributed by atoms with E-state index in [2.05, 4.69) is 19.2 Å². The zero-order chi connectivity index (χ0) is 21.2. The van der Waals surface area contributed by atoms with Gasteiger partial charge in [0.25, 0.3) is 5.91 Å². The minimum Gasteiger partial charge on any atom is -0.490 e. The third-order valence-corrected chi connectivity index (χ3v) is 5.30. The first-order valence-corrected chi connectivity index (χ1v) is 10.2. The molecule has 29 heavy (non-hydrogen) atoms. The average molecular weight is 415 g/mol. The molecular formula is C23H27ClN2O3. The minimum atomic E-state index is -0.628. The van der Waals surface area contributed by atoms with Crippen LogP contribution in [0.3, 0.4) is 0 Å². The highest BCUT2D eigenvalue weighted by Crippen LogP contribution is 2.38. The van der Waals surface area contributed by atoms with E-state index in [1.54, 1.807) is 47.4 Å². The number of nitrogens with zero attached hydrogens (tertiary/aromatic N) is 1. The van der Waals surface area contributed by atoms with Gasteiger partial charge in [0.15, 0.2) is 0 Å². The fraction of sp³-hybridized carbons (Fsp3) is 0.391. The summed E-state index contributed by atoms with van der Waals surface area (Å²) in [5, 5.41) is 3.26. The van der Waals surface area contributed by atoms with Crippen molar-refractivity contribution in [2.24, 2.45) is 11.3 Å². The topological polar surface area (TPSA) is 58.6 Å². The highest BCUT2D eigenvalue weighted by atomic mass is 35.5. The summed E-state index contributed by atoms with van der Waals surface area (Å²) < 4.78 is 5.94. The molecule has 2 amide bonds. The molecule has 1 aliphatic heterocycles. The number of benzene rings is 2. The van der Waals surface area contributed by atoms with Crippen LogP contribution in [0.5, 0.6) is 5.75 Å². The number of rotatable bonds is 5. The van der Waals surface area contributed by atoms with Gasteiger partial charge in [0.2, 0.25) is 5.91 Å². The molecule has 0 fully saturated rings. The SMILES string of the molecule is CC(C)CCN1C(=O)C(C)(C)COc2ccc(NC(=O)c3ccccc3Cl)cc21. The van der Waals surface area contributed by atoms with E-state index in [0.717, 1.165) is 6.42 Å². The van der Waals surface area contributed by atoms with Crippen molar-refractivity contribution in [3.8, 4) is 5.75 Å². The normalized spacial score (nSPS) is 15.5. The predicted octanol–water partition coefficient (Wildman–Crippen LogP) is 5.39. The van der Waals surface area contributed by atoms with Crippen LogP contribution in [-0.2, 0) is 4.79 Å². The lowest BCUT2D eigenvalue weighted by molar-refractivity contribution is -0.127. The van der Waals surface area contributed by atoms with E-state index in [0.29, 0.717) is 46.8 Å². The van der Waals surface area contributed by atoms with E-state index < -0.39 is 5.41 Å². The van der Waals surface area contributed by atoms with Crippen LogP contribution in [-0.4, -0.2) is 25.0 Å². The number of carbonyl (C=O) groups is 2. The van der Waals surface area contributed by atoms with Crippen LogP contribution in [0.1, 0.15) is 44.5 Å². The number of nitrogens with one attached hydrogen (secondary N) is 1. The molecule has 0 radical (unpaired) electrons. The molecule has 1 aliphatic rings. The molecule has 2 aromatic rings. The summed E-state index contributed by atoms with van der Waals surface area (Å²) in [5.41, 5.74) is 1.03. The quantitative estimate of drug-likeness (QED) is 0.713. The van der Waals surface area contributed by atoms with Crippen molar-refractivity contribution in [2.45, 2.75) is 34.1 Å². The van der Waals surface area contributed by atoms with Crippen LogP contribution in [0.15, 0.2) is 42.5 Å². The highest BCUT2D eigenvalue weighted by Gasteiger charge is 2.37. The molecule has 0 bridgehead atoms. The summed E-state index contributed by atoms with van der Waals surface area (Å²) in [6.45, 7) is 8.95. The Hall–Kier alpha value is -2.53. The molecular weight excluding hydrogens is 388 g/mol. The predicted molar refractivity (Wildman–Crippen MR) is 117 cm³/mol. The first-order chi connectivity index (χ1) is 13.7. The third kappa shape index (κ3) is 4.73. The summed E-state index contributed by atoms with van der Waals surface area (Å²) in [7, 11) is 0. The van der Waals surface area contributed by atoms with E-state index in [-0.39, 0.29) is 11.8 Å². The number of hydrogen-bond acceptors (Lipinski definition) is 3. The number of halogens is 1. The lowest BCUT2D eigenvalue weighted by atomic mass is 9.92. The molecule has 0 spiro atoms. The van der Waals surface area contributed by atoms with Crippen LogP contribution in [0.2, 0.25) is 5.02 Å². The maximum absolute atomic E-state index is 13.2. The number of hydrogen-bond donors (Lipinski definition) is 1. The van der Waals surface area contributed by atoms with Gasteiger partial charge in [0.05, 0.1) is 21.7 Å². The number of fused-ring (bicyclic) bond motifs is 1. The second kappa shape index (κ2) is 8.46. The maximum atomic E-state index is 13.2. The van der Waals surface area contributed by atoms with E-state index in [1.165, 1.54) is 0 Å². The number of carbonyl (C=O) groups excluding carboxylic acids is 2. The van der Waals surface area contributed by atoms with Gasteiger partial charge in [-0.05, 0) is 56.5 Å². The van der Waals surface area contributed by atoms with Gasteiger partial charge < -0.3 is 15.0 Å². The van der Waals surface area contributed by atoms with Crippen molar-refractivity contribution in [1.82, 2.24) is 0 Å². The molecule has 5 nitrogen and oxygen atoms in total. The van der Waals surface area contributed by atoms with Crippen molar-refractivity contribution in [3.05, 3.63) is 53.1 Å². The molecule has 154 valence electrons. The minimum absolute atomic E-state index is 0.0199. The molecule has 6 heteroatoms. The molecule has 3 rings (SSSR count). The lowest BCUT2D eigenvalue weighted by Gasteiger charge is -2.28. The van der Waals surface area contributed by atoms with Gasteiger partial charge in [-0.2, -0.15) is 0 Å². The Kier molecular flexibility index (Phi) is 6.18. The Morgan fingerprint density at radius 1 is 1.24 bits per heavy atom. The molecule has 1 heterocycles. The maximum Gasteiger partial charge on any atom is 0.257 e. The number of amides is 2. The largest absolute Gasteiger partial charge is 0.490 e. The van der Waals surface area contributed by atoms with Crippen LogP contribution >= 0.6 is 11.6 Å². The van der Waals surface area contributed by atoms with Gasteiger partial charge in [-0.3, -0.25) is 9.59 Å². The Labute approximate surface area is 177 Å². The Morgan fingerprint density at radius 2 is 1.97 bits per heavy atom. The Balaban J connectivity index is 1.93. The molecule has 0 atom stereocenters. The second-order valence-corrected chi connectivity index (χ2v) is 8.84. The average Bonchev–Trinajstić information content (AvgIpc) is 2.75. The van der Waals surface area contributed by atoms with Gasteiger partial charge >= 0.3 is 0 Å². The van der Waals surface area contributed by atoms with Crippen LogP contribution in [0.4, 0.5) is 11.4 Å². The zero-order valence-electron chi connectivity index (χ0n) is 17.3. The second-order valence-electron chi connectivity index (χ2n) is 8.43. The smallest absolute Gasteiger partial charge is 0.257 e. The summed E-state index contributed by atoms with van der Waals surface area (Å²) >= 11 is 6.13. The van der Waals surface area contributed by atoms with E-state index in [4.69, 9.17) is 16.3 Å². The van der Waals surface area contributed by atoms with Gasteiger partial charge in [0.1, 0.15) is 12.4 Å². The summed E-state index contributed by atoms with van der Waals surface area (Å²) in [6, 6.07) is 12.3. The van der Waals surface area contributed by atoms with Gasteiger partial charge in [0, 0.05) is 12.2 Å². The monoisotopic (exact) mass is 414 g/mol. The van der Waals surface area contributed by atoms with Crippen molar-refractivity contribution < 1.29 is 14.3 Å². The van der Waals surface area contributed by atoms with E-state index >= 15 is 0 Å². The Bertz CT molecular complexity index is 924. The van der Waals surface area contributed by atoms with Gasteiger partial charge in [-0.1, -0.05) is 37.6 Å². The fourth-order valence-corrected chi connectivity index (χ4v) is 3.40. The van der Waals surface area contributed by atoms with Crippen molar-refractivity contribution in [1.29, 1.82) is 0 Å². The number of ether oxygens (including phenoxy) is 1. The molecule has 1 N–H and O–H groups in total. The number of anilines is 2. The third-order valence-electron chi connectivity index (χ3n) is 4.97. The first kappa shape index (κ1) is 21.2. The van der Waals surface area contributed by atoms with Crippen LogP contribution in [0.25, 0.3) is 0 Å². The lowest BCUT2D eigenvalue weighted by Crippen LogP contribution is -2.42. The standard InChI is InChI=1S/C23H27ClN2O3/c1-15(2)11-12-26-19-13-16(25-21(27)17-7-5-6-8-18(17)24)9-10-20(19)29-14-23(3,4)22(26)28/h5-10,13,15H,11-12,14H2,1-4H3,(H,25,27). The first-order valence-electron chi connectivity index (χ1n) is 9.84. The molecule has 0 aliphatic carbocycles. The summed E-state index contributed by atoms with van der Waals surface area (Å²) in [4.78, 5) is 27.6. The fourth-order valence-electron chi connectivity index (χ4n) is 3.18. The molecule has 0 saturated heterocycles. The van der Waals surface area contributed by atoms with Crippen molar-refractivity contribution in [2.75, 3.05) is 23.4 Å². The van der Waals surface area contributed by atoms with E-state index in [9.17, 15) is 9.59 Å². The summed E-state index contributed by atoms with van der Waals surface area (Å²) in [5.74, 6) is 0.821. The molecule has 0 aromatic heterocycles. The van der Waals surface area contributed by atoms with E-state index in [1.807, 2.05) is 13.8 Å². The molecule has 0 saturated carbocycles. The Morgan fingerprint density at radius 3 is 2.66 bits per heavy atom. The highest BCUT2D eigenvalue weighted by molar-refractivity contribution is 6.34. The zero-order valence-corrected chi connectivity index (χ0v) is 18.0. The molecule has 2 aromatic carbocycles. The van der Waals surface area contributed by atoms with Crippen molar-refractivity contribution in [3.63, 3.8) is 0 Å². The van der Waals surface area contributed by atoms with Crippen LogP contribution < -0.4 is 15.0 Å². The van der Waals surface area contributed by atoms with Gasteiger partial charge in [-0.15, -0.1) is 0 Å². The van der Waals surface area contributed by atoms with Gasteiger partial charge in [-0.25, -0.2) is 0 Å². The summed E-state index contributed by atoms with van der Waals surface area (Å²) in [6.07, 6.45) is 0.872. The van der Waals surface area contributed by atoms with Crippen LogP contribution in [0, 0.1) is 11.3 Å².